The normalized spacial score (nSPS) is 12.4. The van der Waals surface area contributed by atoms with Crippen molar-refractivity contribution in [1.29, 1.82) is 0 Å². The van der Waals surface area contributed by atoms with Gasteiger partial charge < -0.3 is 5.11 Å². The van der Waals surface area contributed by atoms with Gasteiger partial charge in [0.25, 0.3) is 0 Å². The van der Waals surface area contributed by atoms with Crippen molar-refractivity contribution < 1.29 is 9.50 Å². The van der Waals surface area contributed by atoms with Crippen LogP contribution in [-0.2, 0) is 7.05 Å². The number of halogens is 1. The maximum atomic E-state index is 13.2. The highest BCUT2D eigenvalue weighted by molar-refractivity contribution is 7.99. The molecule has 1 atom stereocenters. The van der Waals surface area contributed by atoms with Gasteiger partial charge in [-0.25, -0.2) is 4.39 Å². The lowest BCUT2D eigenvalue weighted by atomic mass is 10.1. The van der Waals surface area contributed by atoms with Crippen molar-refractivity contribution in [3.63, 3.8) is 0 Å². The molecule has 0 amide bonds. The van der Waals surface area contributed by atoms with E-state index in [1.54, 1.807) is 0 Å². The van der Waals surface area contributed by atoms with Gasteiger partial charge in [0.2, 0.25) is 0 Å². The van der Waals surface area contributed by atoms with Gasteiger partial charge in [-0.15, -0.1) is 0 Å². The van der Waals surface area contributed by atoms with Crippen molar-refractivity contribution in [1.82, 2.24) is 14.8 Å². The van der Waals surface area contributed by atoms with E-state index in [4.69, 9.17) is 0 Å². The summed E-state index contributed by atoms with van der Waals surface area (Å²) in [5.41, 5.74) is -1.33. The van der Waals surface area contributed by atoms with E-state index in [9.17, 15) is 19.1 Å². The summed E-state index contributed by atoms with van der Waals surface area (Å²) in [5, 5.41) is 12.2. The highest BCUT2D eigenvalue weighted by Crippen LogP contribution is 2.31. The molecule has 1 aromatic carbocycles. The summed E-state index contributed by atoms with van der Waals surface area (Å²) in [6.45, 7) is 1.51. The third-order valence-corrected chi connectivity index (χ3v) is 3.71. The third kappa shape index (κ3) is 2.97. The fraction of sp³-hybridized carbons (Fsp3) is 0.250. The average molecular weight is 297 g/mol. The predicted octanol–water partition coefficient (Wildman–Crippen LogP) is 0.812. The third-order valence-electron chi connectivity index (χ3n) is 2.57. The molecule has 6 nitrogen and oxygen atoms in total. The van der Waals surface area contributed by atoms with Crippen LogP contribution in [0.15, 0.2) is 37.8 Å². The van der Waals surface area contributed by atoms with Crippen molar-refractivity contribution in [2.24, 2.45) is 7.05 Å². The zero-order valence-electron chi connectivity index (χ0n) is 10.8. The first-order chi connectivity index (χ1) is 9.38. The Kier molecular flexibility index (Phi) is 4.05. The fourth-order valence-electron chi connectivity index (χ4n) is 1.59. The number of aromatic nitrogens is 3. The Labute approximate surface area is 117 Å². The van der Waals surface area contributed by atoms with Gasteiger partial charge in [0.1, 0.15) is 5.82 Å². The largest absolute Gasteiger partial charge is 0.389 e. The topological polar surface area (TPSA) is 88.0 Å². The molecular formula is C12H12FN3O3S. The van der Waals surface area contributed by atoms with Crippen LogP contribution in [0.1, 0.15) is 18.6 Å². The maximum absolute atomic E-state index is 13.2. The first-order valence-electron chi connectivity index (χ1n) is 5.71. The Balaban J connectivity index is 2.47. The monoisotopic (exact) mass is 297 g/mol. The van der Waals surface area contributed by atoms with Crippen molar-refractivity contribution in [3.8, 4) is 0 Å². The first-order valence-corrected chi connectivity index (χ1v) is 6.53. The molecule has 1 heterocycles. The van der Waals surface area contributed by atoms with Crippen LogP contribution in [0.5, 0.6) is 0 Å². The van der Waals surface area contributed by atoms with Gasteiger partial charge >= 0.3 is 11.1 Å². The van der Waals surface area contributed by atoms with E-state index in [1.807, 2.05) is 0 Å². The minimum atomic E-state index is -0.897. The van der Waals surface area contributed by atoms with E-state index >= 15 is 0 Å². The second-order valence-corrected chi connectivity index (χ2v) is 5.17. The number of hydrogen-bond donors (Lipinski definition) is 2. The lowest BCUT2D eigenvalue weighted by molar-refractivity contribution is 0.196. The zero-order chi connectivity index (χ0) is 14.9. The van der Waals surface area contributed by atoms with Crippen molar-refractivity contribution in [2.75, 3.05) is 0 Å². The molecule has 2 N–H and O–H groups in total. The second kappa shape index (κ2) is 5.59. The summed E-state index contributed by atoms with van der Waals surface area (Å²) in [6.07, 6.45) is -0.868. The standard InChI is InChI=1S/C12H12FN3O3S/c1-6(17)8-5-7(13)3-4-9(8)20-12-14-10(18)11(19)15-16(12)2/h3-6,17H,1-2H3,(H,15,19)/t6-/m0/s1. The molecule has 0 bridgehead atoms. The average Bonchev–Trinajstić information content (AvgIpc) is 2.37. The summed E-state index contributed by atoms with van der Waals surface area (Å²) in [7, 11) is 1.53. The number of aliphatic hydroxyl groups excluding tert-OH is 1. The zero-order valence-corrected chi connectivity index (χ0v) is 11.6. The molecule has 0 aliphatic rings. The van der Waals surface area contributed by atoms with Crippen LogP contribution in [0.3, 0.4) is 0 Å². The molecule has 106 valence electrons. The number of aliphatic hydroxyl groups is 1. The number of rotatable bonds is 3. The number of benzene rings is 1. The van der Waals surface area contributed by atoms with Crippen LogP contribution in [-0.4, -0.2) is 19.9 Å². The summed E-state index contributed by atoms with van der Waals surface area (Å²) in [5.74, 6) is -0.464. The van der Waals surface area contributed by atoms with Crippen LogP contribution in [0.25, 0.3) is 0 Å². The number of aryl methyl sites for hydroxylation is 1. The molecule has 0 saturated heterocycles. The fourth-order valence-corrected chi connectivity index (χ4v) is 2.58. The Morgan fingerprint density at radius 2 is 2.15 bits per heavy atom. The lowest BCUT2D eigenvalue weighted by Crippen LogP contribution is -2.33. The van der Waals surface area contributed by atoms with E-state index < -0.39 is 23.0 Å². The van der Waals surface area contributed by atoms with E-state index in [0.29, 0.717) is 10.5 Å². The Morgan fingerprint density at radius 1 is 1.45 bits per heavy atom. The number of nitrogens with zero attached hydrogens (tertiary/aromatic N) is 2. The lowest BCUT2D eigenvalue weighted by Gasteiger charge is -2.12. The molecule has 2 aromatic rings. The number of H-pyrrole nitrogens is 1. The van der Waals surface area contributed by atoms with Gasteiger partial charge in [-0.2, -0.15) is 4.98 Å². The first kappa shape index (κ1) is 14.5. The number of nitrogens with one attached hydrogen (secondary N) is 1. The summed E-state index contributed by atoms with van der Waals surface area (Å²) < 4.78 is 14.5. The predicted molar refractivity (Wildman–Crippen MR) is 71.3 cm³/mol. The Hall–Kier alpha value is -1.93. The molecule has 20 heavy (non-hydrogen) atoms. The maximum Gasteiger partial charge on any atom is 0.339 e. The van der Waals surface area contributed by atoms with Crippen LogP contribution in [0.4, 0.5) is 4.39 Å². The summed E-state index contributed by atoms with van der Waals surface area (Å²) in [6, 6.07) is 3.95. The highest BCUT2D eigenvalue weighted by atomic mass is 32.2. The van der Waals surface area contributed by atoms with Crippen LogP contribution in [0, 0.1) is 5.82 Å². The van der Waals surface area contributed by atoms with E-state index in [2.05, 4.69) is 10.1 Å². The van der Waals surface area contributed by atoms with Crippen LogP contribution >= 0.6 is 11.8 Å². The molecular weight excluding hydrogens is 285 g/mol. The number of aromatic amines is 1. The summed E-state index contributed by atoms with van der Waals surface area (Å²) >= 11 is 1.06. The minimum absolute atomic E-state index is 0.239. The molecule has 0 unspecified atom stereocenters. The van der Waals surface area contributed by atoms with Crippen molar-refractivity contribution in [3.05, 3.63) is 50.3 Å². The molecule has 0 aliphatic heterocycles. The van der Waals surface area contributed by atoms with Crippen LogP contribution < -0.4 is 11.1 Å². The van der Waals surface area contributed by atoms with Crippen molar-refractivity contribution in [2.45, 2.75) is 23.1 Å². The van der Waals surface area contributed by atoms with E-state index in [1.165, 1.54) is 36.9 Å². The van der Waals surface area contributed by atoms with Gasteiger partial charge in [-0.1, -0.05) is 0 Å². The van der Waals surface area contributed by atoms with Gasteiger partial charge in [0.05, 0.1) is 6.10 Å². The number of hydrogen-bond acceptors (Lipinski definition) is 5. The molecule has 0 aliphatic carbocycles. The van der Waals surface area contributed by atoms with Gasteiger partial charge in [0, 0.05) is 11.9 Å². The second-order valence-electron chi connectivity index (χ2n) is 4.16. The van der Waals surface area contributed by atoms with Gasteiger partial charge in [-0.05, 0) is 42.4 Å². The molecule has 0 saturated carbocycles. The molecule has 0 fully saturated rings. The Bertz CT molecular complexity index is 754. The van der Waals surface area contributed by atoms with Gasteiger partial charge in [-0.3, -0.25) is 19.4 Å². The highest BCUT2D eigenvalue weighted by Gasteiger charge is 2.13. The van der Waals surface area contributed by atoms with E-state index in [0.717, 1.165) is 11.8 Å². The summed E-state index contributed by atoms with van der Waals surface area (Å²) in [4.78, 5) is 26.6. The van der Waals surface area contributed by atoms with E-state index in [-0.39, 0.29) is 5.16 Å². The smallest absolute Gasteiger partial charge is 0.339 e. The molecule has 0 radical (unpaired) electrons. The van der Waals surface area contributed by atoms with Crippen LogP contribution in [0.2, 0.25) is 0 Å². The molecule has 0 spiro atoms. The Morgan fingerprint density at radius 3 is 2.80 bits per heavy atom. The molecule has 1 aromatic heterocycles. The molecule has 2 rings (SSSR count). The minimum Gasteiger partial charge on any atom is -0.389 e. The quantitative estimate of drug-likeness (QED) is 0.819. The van der Waals surface area contributed by atoms with Crippen molar-refractivity contribution >= 4 is 11.8 Å². The van der Waals surface area contributed by atoms with Gasteiger partial charge in [0.15, 0.2) is 5.16 Å². The SMILES string of the molecule is C[C@H](O)c1cc(F)ccc1Sc1nc(=O)c(=O)[nH]n1C. The molecule has 8 heteroatoms.